The van der Waals surface area contributed by atoms with Crippen LogP contribution in [0.3, 0.4) is 0 Å². The van der Waals surface area contributed by atoms with Crippen molar-refractivity contribution in [3.8, 4) is 0 Å². The van der Waals surface area contributed by atoms with Gasteiger partial charge in [-0.1, -0.05) is 6.07 Å². The molecule has 0 saturated carbocycles. The number of carbonyl (C=O) groups is 3. The highest BCUT2D eigenvalue weighted by Crippen LogP contribution is 2.00. The molecule has 0 aliphatic carbocycles. The molecule has 0 aromatic carbocycles. The van der Waals surface area contributed by atoms with Gasteiger partial charge < -0.3 is 16.2 Å². The van der Waals surface area contributed by atoms with E-state index in [1.807, 2.05) is 5.32 Å². The van der Waals surface area contributed by atoms with E-state index in [9.17, 15) is 18.8 Å². The molecule has 0 spiro atoms. The molecule has 0 fully saturated rings. The Kier molecular flexibility index (Phi) is 4.30. The minimum atomic E-state index is -1.47. The molecule has 1 atom stereocenters. The van der Waals surface area contributed by atoms with Gasteiger partial charge in [0.25, 0.3) is 5.91 Å². The lowest BCUT2D eigenvalue weighted by molar-refractivity contribution is -0.140. The SMILES string of the molecule is NC(=O)CC(NC(=O)c1cccc(F)n1)C(=O)O. The van der Waals surface area contributed by atoms with Crippen LogP contribution in [-0.2, 0) is 9.59 Å². The van der Waals surface area contributed by atoms with Crippen LogP contribution in [0, 0.1) is 5.95 Å². The summed E-state index contributed by atoms with van der Waals surface area (Å²) in [6.45, 7) is 0. The van der Waals surface area contributed by atoms with Crippen molar-refractivity contribution in [3.63, 3.8) is 0 Å². The van der Waals surface area contributed by atoms with Gasteiger partial charge in [-0.3, -0.25) is 9.59 Å². The lowest BCUT2D eigenvalue weighted by atomic mass is 10.2. The number of pyridine rings is 1. The number of aromatic nitrogens is 1. The number of nitrogens with zero attached hydrogens (tertiary/aromatic N) is 1. The second-order valence-corrected chi connectivity index (χ2v) is 3.38. The van der Waals surface area contributed by atoms with Gasteiger partial charge in [-0.2, -0.15) is 4.39 Å². The molecule has 1 aromatic rings. The Hall–Kier alpha value is -2.51. The zero-order valence-corrected chi connectivity index (χ0v) is 9.09. The van der Waals surface area contributed by atoms with Crippen molar-refractivity contribution >= 4 is 17.8 Å². The molecule has 8 heteroatoms. The Morgan fingerprint density at radius 3 is 2.61 bits per heavy atom. The van der Waals surface area contributed by atoms with Gasteiger partial charge in [-0.25, -0.2) is 9.78 Å². The topological polar surface area (TPSA) is 122 Å². The van der Waals surface area contributed by atoms with Gasteiger partial charge in [-0.05, 0) is 12.1 Å². The Bertz CT molecular complexity index is 492. The first-order valence-corrected chi connectivity index (χ1v) is 4.84. The molecule has 18 heavy (non-hydrogen) atoms. The third-order valence-corrected chi connectivity index (χ3v) is 1.96. The summed E-state index contributed by atoms with van der Waals surface area (Å²) in [6.07, 6.45) is -0.559. The van der Waals surface area contributed by atoms with Crippen LogP contribution in [0.5, 0.6) is 0 Å². The van der Waals surface area contributed by atoms with Crippen LogP contribution in [0.15, 0.2) is 18.2 Å². The fraction of sp³-hybridized carbons (Fsp3) is 0.200. The lowest BCUT2D eigenvalue weighted by Gasteiger charge is -2.12. The van der Waals surface area contributed by atoms with Crippen LogP contribution in [0.1, 0.15) is 16.9 Å². The van der Waals surface area contributed by atoms with Crippen molar-refractivity contribution in [1.82, 2.24) is 10.3 Å². The number of nitrogens with one attached hydrogen (secondary N) is 1. The largest absolute Gasteiger partial charge is 0.480 e. The lowest BCUT2D eigenvalue weighted by Crippen LogP contribution is -2.43. The molecule has 0 aliphatic rings. The number of hydrogen-bond acceptors (Lipinski definition) is 4. The zero-order chi connectivity index (χ0) is 13.7. The Morgan fingerprint density at radius 2 is 2.11 bits per heavy atom. The summed E-state index contributed by atoms with van der Waals surface area (Å²) in [4.78, 5) is 36.2. The summed E-state index contributed by atoms with van der Waals surface area (Å²) >= 11 is 0. The summed E-state index contributed by atoms with van der Waals surface area (Å²) in [5.41, 5.74) is 4.55. The van der Waals surface area contributed by atoms with Crippen molar-refractivity contribution in [2.75, 3.05) is 0 Å². The molecule has 2 amide bonds. The average Bonchev–Trinajstić information content (AvgIpc) is 2.27. The smallest absolute Gasteiger partial charge is 0.326 e. The standard InChI is InChI=1S/C10H10FN3O4/c11-7-3-1-2-5(13-7)9(16)14-6(10(17)18)4-8(12)15/h1-3,6H,4H2,(H2,12,15)(H,14,16)(H,17,18). The molecule has 4 N–H and O–H groups in total. The third-order valence-electron chi connectivity index (χ3n) is 1.96. The average molecular weight is 255 g/mol. The molecule has 0 radical (unpaired) electrons. The van der Waals surface area contributed by atoms with E-state index in [1.165, 1.54) is 12.1 Å². The molecule has 0 saturated heterocycles. The minimum Gasteiger partial charge on any atom is -0.480 e. The number of carboxylic acid groups (broad SMARTS) is 1. The van der Waals surface area contributed by atoms with Gasteiger partial charge >= 0.3 is 5.97 Å². The van der Waals surface area contributed by atoms with Crippen LogP contribution < -0.4 is 11.1 Å². The number of carboxylic acids is 1. The highest BCUT2D eigenvalue weighted by atomic mass is 19.1. The normalized spacial score (nSPS) is 11.6. The first-order valence-electron chi connectivity index (χ1n) is 4.84. The number of aliphatic carboxylic acids is 1. The minimum absolute atomic E-state index is 0.286. The molecule has 0 bridgehead atoms. The molecule has 1 rings (SSSR count). The molecular weight excluding hydrogens is 245 g/mol. The van der Waals surface area contributed by atoms with Crippen molar-refractivity contribution in [2.45, 2.75) is 12.5 Å². The van der Waals surface area contributed by atoms with Crippen molar-refractivity contribution in [2.24, 2.45) is 5.73 Å². The fourth-order valence-electron chi connectivity index (χ4n) is 1.17. The maximum Gasteiger partial charge on any atom is 0.326 e. The summed E-state index contributed by atoms with van der Waals surface area (Å²) in [7, 11) is 0. The van der Waals surface area contributed by atoms with E-state index < -0.39 is 36.2 Å². The number of amides is 2. The third kappa shape index (κ3) is 3.81. The highest BCUT2D eigenvalue weighted by molar-refractivity contribution is 5.96. The van der Waals surface area contributed by atoms with E-state index in [-0.39, 0.29) is 5.69 Å². The van der Waals surface area contributed by atoms with Gasteiger partial charge in [0.05, 0.1) is 6.42 Å². The molecule has 1 aromatic heterocycles. The molecule has 1 heterocycles. The number of carbonyl (C=O) groups excluding carboxylic acids is 2. The Labute approximate surface area is 101 Å². The number of nitrogens with two attached hydrogens (primary N) is 1. The van der Waals surface area contributed by atoms with Crippen LogP contribution in [0.2, 0.25) is 0 Å². The summed E-state index contributed by atoms with van der Waals surface area (Å²) in [5, 5.41) is 10.8. The van der Waals surface area contributed by atoms with Crippen molar-refractivity contribution < 1.29 is 23.9 Å². The second kappa shape index (κ2) is 5.71. The van der Waals surface area contributed by atoms with Crippen LogP contribution in [0.4, 0.5) is 4.39 Å². The van der Waals surface area contributed by atoms with Gasteiger partial charge in [-0.15, -0.1) is 0 Å². The van der Waals surface area contributed by atoms with E-state index >= 15 is 0 Å². The van der Waals surface area contributed by atoms with Crippen molar-refractivity contribution in [3.05, 3.63) is 29.8 Å². The summed E-state index contributed by atoms with van der Waals surface area (Å²) < 4.78 is 12.8. The van der Waals surface area contributed by atoms with Gasteiger partial charge in [0.1, 0.15) is 11.7 Å². The number of halogens is 1. The second-order valence-electron chi connectivity index (χ2n) is 3.38. The highest BCUT2D eigenvalue weighted by Gasteiger charge is 2.23. The maximum atomic E-state index is 12.8. The maximum absolute atomic E-state index is 12.8. The van der Waals surface area contributed by atoms with Gasteiger partial charge in [0, 0.05) is 0 Å². The molecular formula is C10H10FN3O4. The zero-order valence-electron chi connectivity index (χ0n) is 9.09. The predicted octanol–water partition coefficient (Wildman–Crippen LogP) is -0.721. The Morgan fingerprint density at radius 1 is 1.44 bits per heavy atom. The molecule has 1 unspecified atom stereocenters. The first kappa shape index (κ1) is 13.6. The van der Waals surface area contributed by atoms with E-state index in [0.29, 0.717) is 0 Å². The van der Waals surface area contributed by atoms with Crippen LogP contribution in [0.25, 0.3) is 0 Å². The summed E-state index contributed by atoms with van der Waals surface area (Å²) in [6, 6.07) is 2.03. The van der Waals surface area contributed by atoms with Gasteiger partial charge in [0.15, 0.2) is 0 Å². The van der Waals surface area contributed by atoms with Gasteiger partial charge in [0.2, 0.25) is 11.9 Å². The van der Waals surface area contributed by atoms with E-state index in [4.69, 9.17) is 10.8 Å². The predicted molar refractivity (Wildman–Crippen MR) is 56.9 cm³/mol. The van der Waals surface area contributed by atoms with E-state index in [2.05, 4.69) is 4.98 Å². The quantitative estimate of drug-likeness (QED) is 0.599. The van der Waals surface area contributed by atoms with E-state index in [1.54, 1.807) is 0 Å². The Balaban J connectivity index is 2.78. The fourth-order valence-corrected chi connectivity index (χ4v) is 1.17. The number of hydrogen-bond donors (Lipinski definition) is 3. The summed E-state index contributed by atoms with van der Waals surface area (Å²) in [5.74, 6) is -4.07. The van der Waals surface area contributed by atoms with Crippen LogP contribution in [-0.4, -0.2) is 33.9 Å². The number of primary amides is 1. The molecule has 0 aliphatic heterocycles. The van der Waals surface area contributed by atoms with E-state index in [0.717, 1.165) is 6.07 Å². The first-order chi connectivity index (χ1) is 8.40. The monoisotopic (exact) mass is 255 g/mol. The molecule has 96 valence electrons. The number of rotatable bonds is 5. The van der Waals surface area contributed by atoms with Crippen LogP contribution >= 0.6 is 0 Å². The molecule has 7 nitrogen and oxygen atoms in total. The van der Waals surface area contributed by atoms with Crippen molar-refractivity contribution in [1.29, 1.82) is 0 Å².